The number of aromatic hydroxyl groups is 2. The fourth-order valence-corrected chi connectivity index (χ4v) is 3.49. The Morgan fingerprint density at radius 1 is 1.15 bits per heavy atom. The zero-order valence-corrected chi connectivity index (χ0v) is 11.5. The van der Waals surface area contributed by atoms with Crippen molar-refractivity contribution < 1.29 is 19.8 Å². The average molecular weight is 272 g/mol. The Kier molecular flexibility index (Phi) is 2.55. The van der Waals surface area contributed by atoms with E-state index in [1.807, 2.05) is 6.92 Å². The lowest BCUT2D eigenvalue weighted by Crippen LogP contribution is -2.38. The number of hydrogen-bond donors (Lipinski definition) is 2. The molecule has 0 heterocycles. The lowest BCUT2D eigenvalue weighted by atomic mass is 9.61. The predicted molar refractivity (Wildman–Crippen MR) is 72.9 cm³/mol. The van der Waals surface area contributed by atoms with Gasteiger partial charge < -0.3 is 10.2 Å². The van der Waals surface area contributed by atoms with Crippen molar-refractivity contribution in [1.82, 2.24) is 0 Å². The van der Waals surface area contributed by atoms with Gasteiger partial charge in [0.2, 0.25) is 0 Å². The monoisotopic (exact) mass is 272 g/mol. The van der Waals surface area contributed by atoms with E-state index in [0.29, 0.717) is 36.0 Å². The number of phenolic OH excluding ortho intramolecular Hbond substituents is 2. The van der Waals surface area contributed by atoms with Crippen LogP contribution in [0, 0.1) is 5.41 Å². The molecule has 0 aromatic heterocycles. The average Bonchev–Trinajstić information content (AvgIpc) is 2.38. The zero-order chi connectivity index (χ0) is 14.7. The summed E-state index contributed by atoms with van der Waals surface area (Å²) in [6.07, 6.45) is 1.49. The molecule has 20 heavy (non-hydrogen) atoms. The number of phenols is 2. The van der Waals surface area contributed by atoms with Gasteiger partial charge in [0.05, 0.1) is 5.56 Å². The van der Waals surface area contributed by atoms with Crippen LogP contribution in [0.2, 0.25) is 0 Å². The Bertz CT molecular complexity index is 684. The second-order valence-electron chi connectivity index (χ2n) is 5.95. The normalized spacial score (nSPS) is 25.5. The largest absolute Gasteiger partial charge is 0.508 e. The smallest absolute Gasteiger partial charge is 0.194 e. The lowest BCUT2D eigenvalue weighted by Gasteiger charge is -2.40. The number of fused-ring (bicyclic) bond motifs is 2. The number of rotatable bonds is 0. The topological polar surface area (TPSA) is 74.6 Å². The molecule has 4 nitrogen and oxygen atoms in total. The van der Waals surface area contributed by atoms with Crippen molar-refractivity contribution in [1.29, 1.82) is 0 Å². The molecular weight excluding hydrogens is 256 g/mol. The van der Waals surface area contributed by atoms with Crippen LogP contribution in [-0.4, -0.2) is 21.8 Å². The Morgan fingerprint density at radius 2 is 1.80 bits per heavy atom. The van der Waals surface area contributed by atoms with E-state index in [2.05, 4.69) is 0 Å². The molecule has 0 unspecified atom stereocenters. The number of ketones is 2. The molecule has 1 atom stereocenters. The minimum Gasteiger partial charge on any atom is -0.508 e. The van der Waals surface area contributed by atoms with Gasteiger partial charge in [-0.1, -0.05) is 6.92 Å². The SMILES string of the molecule is CC1=C2C(=O)c3c(O)ccc(O)c3C[C@]2(C)CCC1=O. The highest BCUT2D eigenvalue weighted by molar-refractivity contribution is 6.18. The number of carbonyl (C=O) groups is 2. The van der Waals surface area contributed by atoms with Crippen LogP contribution in [0.15, 0.2) is 23.3 Å². The zero-order valence-electron chi connectivity index (χ0n) is 11.5. The van der Waals surface area contributed by atoms with Crippen molar-refractivity contribution in [3.63, 3.8) is 0 Å². The minimum absolute atomic E-state index is 0.00563. The maximum Gasteiger partial charge on any atom is 0.194 e. The van der Waals surface area contributed by atoms with Crippen molar-refractivity contribution in [2.45, 2.75) is 33.1 Å². The van der Waals surface area contributed by atoms with Gasteiger partial charge in [0.1, 0.15) is 11.5 Å². The number of hydrogen-bond acceptors (Lipinski definition) is 4. The quantitative estimate of drug-likeness (QED) is 0.712. The number of Topliss-reactive ketones (excluding diaryl/α,β-unsaturated/α-hetero) is 2. The molecule has 3 rings (SSSR count). The maximum atomic E-state index is 12.7. The molecule has 0 saturated heterocycles. The highest BCUT2D eigenvalue weighted by Crippen LogP contribution is 2.50. The van der Waals surface area contributed by atoms with Gasteiger partial charge in [0, 0.05) is 23.0 Å². The van der Waals surface area contributed by atoms with Crippen LogP contribution in [-0.2, 0) is 11.2 Å². The molecule has 2 aliphatic carbocycles. The molecule has 2 aliphatic rings. The molecule has 0 aliphatic heterocycles. The molecule has 0 bridgehead atoms. The van der Waals surface area contributed by atoms with Gasteiger partial charge in [-0.2, -0.15) is 0 Å². The Morgan fingerprint density at radius 3 is 2.50 bits per heavy atom. The van der Waals surface area contributed by atoms with Gasteiger partial charge in [0.15, 0.2) is 11.6 Å². The van der Waals surface area contributed by atoms with E-state index in [0.717, 1.165) is 0 Å². The van der Waals surface area contributed by atoms with Gasteiger partial charge in [0.25, 0.3) is 0 Å². The van der Waals surface area contributed by atoms with E-state index in [1.165, 1.54) is 12.1 Å². The van der Waals surface area contributed by atoms with Crippen molar-refractivity contribution in [3.05, 3.63) is 34.4 Å². The van der Waals surface area contributed by atoms with Crippen LogP contribution in [0.25, 0.3) is 0 Å². The minimum atomic E-state index is -0.437. The molecule has 1 aromatic rings. The maximum absolute atomic E-state index is 12.7. The highest BCUT2D eigenvalue weighted by Gasteiger charge is 2.46. The molecular formula is C16H16O4. The van der Waals surface area contributed by atoms with Crippen LogP contribution in [0.1, 0.15) is 42.6 Å². The van der Waals surface area contributed by atoms with Crippen LogP contribution >= 0.6 is 0 Å². The Hall–Kier alpha value is -2.10. The van der Waals surface area contributed by atoms with Gasteiger partial charge in [-0.05, 0) is 37.5 Å². The van der Waals surface area contributed by atoms with Crippen LogP contribution < -0.4 is 0 Å². The summed E-state index contributed by atoms with van der Waals surface area (Å²) in [5.41, 5.74) is 1.20. The molecule has 2 N–H and O–H groups in total. The number of carbonyl (C=O) groups excluding carboxylic acids is 2. The van der Waals surface area contributed by atoms with Gasteiger partial charge in [-0.15, -0.1) is 0 Å². The standard InChI is InChI=1S/C16H16O4/c1-8-10(17)5-6-16(2)7-9-11(18)3-4-12(19)13(9)15(20)14(8)16/h3-4,18-19H,5-7H2,1-2H3/t16-/m0/s1. The Labute approximate surface area is 116 Å². The summed E-state index contributed by atoms with van der Waals surface area (Å²) >= 11 is 0. The summed E-state index contributed by atoms with van der Waals surface area (Å²) < 4.78 is 0. The predicted octanol–water partition coefficient (Wildman–Crippen LogP) is 2.52. The first kappa shape index (κ1) is 12.9. The summed E-state index contributed by atoms with van der Waals surface area (Å²) in [4.78, 5) is 24.6. The van der Waals surface area contributed by atoms with Crippen molar-refractivity contribution in [2.75, 3.05) is 0 Å². The van der Waals surface area contributed by atoms with E-state index in [-0.39, 0.29) is 28.6 Å². The third-order valence-electron chi connectivity index (χ3n) is 4.59. The second-order valence-corrected chi connectivity index (χ2v) is 5.95. The van der Waals surface area contributed by atoms with Crippen molar-refractivity contribution in [3.8, 4) is 11.5 Å². The fraction of sp³-hybridized carbons (Fsp3) is 0.375. The van der Waals surface area contributed by atoms with Gasteiger partial charge in [-0.3, -0.25) is 9.59 Å². The van der Waals surface area contributed by atoms with Crippen molar-refractivity contribution in [2.24, 2.45) is 5.41 Å². The first-order valence-electron chi connectivity index (χ1n) is 6.68. The summed E-state index contributed by atoms with van der Waals surface area (Å²) in [6, 6.07) is 2.72. The molecule has 0 radical (unpaired) electrons. The van der Waals surface area contributed by atoms with Gasteiger partial charge >= 0.3 is 0 Å². The summed E-state index contributed by atoms with van der Waals surface area (Å²) in [6.45, 7) is 3.63. The van der Waals surface area contributed by atoms with Gasteiger partial charge in [-0.25, -0.2) is 0 Å². The number of allylic oxidation sites excluding steroid dienone is 2. The van der Waals surface area contributed by atoms with Crippen molar-refractivity contribution >= 4 is 11.6 Å². The summed E-state index contributed by atoms with van der Waals surface area (Å²) in [5, 5.41) is 19.9. The fourth-order valence-electron chi connectivity index (χ4n) is 3.49. The van der Waals surface area contributed by atoms with E-state index in [4.69, 9.17) is 0 Å². The Balaban J connectivity index is 2.32. The molecule has 0 saturated carbocycles. The molecule has 0 fully saturated rings. The molecule has 0 spiro atoms. The van der Waals surface area contributed by atoms with E-state index in [9.17, 15) is 19.8 Å². The summed E-state index contributed by atoms with van der Waals surface area (Å²) in [7, 11) is 0. The summed E-state index contributed by atoms with van der Waals surface area (Å²) in [5.74, 6) is -0.439. The van der Waals surface area contributed by atoms with Crippen LogP contribution in [0.5, 0.6) is 11.5 Å². The third kappa shape index (κ3) is 1.54. The third-order valence-corrected chi connectivity index (χ3v) is 4.59. The van der Waals surface area contributed by atoms with E-state index >= 15 is 0 Å². The first-order valence-corrected chi connectivity index (χ1v) is 6.68. The molecule has 104 valence electrons. The van der Waals surface area contributed by atoms with E-state index in [1.54, 1.807) is 6.92 Å². The van der Waals surface area contributed by atoms with E-state index < -0.39 is 5.41 Å². The molecule has 1 aromatic carbocycles. The molecule has 0 amide bonds. The highest BCUT2D eigenvalue weighted by atomic mass is 16.3. The second kappa shape index (κ2) is 3.95. The first-order chi connectivity index (χ1) is 9.35. The van der Waals surface area contributed by atoms with Crippen LogP contribution in [0.3, 0.4) is 0 Å². The van der Waals surface area contributed by atoms with Crippen LogP contribution in [0.4, 0.5) is 0 Å². The number of benzene rings is 1. The molecule has 4 heteroatoms. The lowest BCUT2D eigenvalue weighted by molar-refractivity contribution is -0.116.